The van der Waals surface area contributed by atoms with Gasteiger partial charge >= 0.3 is 13.1 Å². The van der Waals surface area contributed by atoms with Crippen LogP contribution in [0.1, 0.15) is 31.7 Å². The van der Waals surface area contributed by atoms with Crippen molar-refractivity contribution in [2.45, 2.75) is 57.3 Å². The number of oxime groups is 1. The second kappa shape index (κ2) is 9.02. The van der Waals surface area contributed by atoms with Gasteiger partial charge in [0.25, 0.3) is 7.41 Å². The molecule has 1 N–H and O–H groups in total. The van der Waals surface area contributed by atoms with Gasteiger partial charge in [0.15, 0.2) is 5.60 Å². The largest absolute Gasteiger partial charge is 0.438 e. The Kier molecular flexibility index (Phi) is 6.36. The van der Waals surface area contributed by atoms with Crippen molar-refractivity contribution in [2.24, 2.45) is 5.16 Å². The lowest BCUT2D eigenvalue weighted by atomic mass is 9.72. The highest BCUT2D eigenvalue weighted by molar-refractivity contribution is 6.73. The highest BCUT2D eigenvalue weighted by atomic mass is 16.7. The first-order chi connectivity index (χ1) is 14.9. The Balaban J connectivity index is 1.37. The van der Waals surface area contributed by atoms with E-state index in [1.807, 2.05) is 42.2 Å². The quantitative estimate of drug-likeness (QED) is 0.471. The molecule has 3 aliphatic rings. The number of urea groups is 1. The summed E-state index contributed by atoms with van der Waals surface area (Å²) in [5, 5.41) is 15.7. The van der Waals surface area contributed by atoms with Gasteiger partial charge in [-0.15, -0.1) is 0 Å². The van der Waals surface area contributed by atoms with Crippen LogP contribution in [0.3, 0.4) is 0 Å². The van der Waals surface area contributed by atoms with Crippen LogP contribution >= 0.6 is 0 Å². The van der Waals surface area contributed by atoms with Gasteiger partial charge in [-0.05, 0) is 32.2 Å². The molecule has 4 rings (SSSR count). The minimum Gasteiger partial charge on any atom is -0.438 e. The van der Waals surface area contributed by atoms with E-state index in [1.165, 1.54) is 17.2 Å². The van der Waals surface area contributed by atoms with Gasteiger partial charge in [0, 0.05) is 19.5 Å². The number of amides is 2. The van der Waals surface area contributed by atoms with Gasteiger partial charge in [-0.3, -0.25) is 4.84 Å². The standard InChI is InChI=1S/C20H27B2N4O5/c1-20(13-25(21-14-27)22(2)29)10-17(23-31-20)18-9-8-16-11-24(18)19(28)26(16)30-12-15-6-4-3-5-7-15/h3-7,14,16,18,29H,8-13H2,1-2H3/t16?,18-,20+/m0/s1. The van der Waals surface area contributed by atoms with Gasteiger partial charge in [-0.1, -0.05) is 35.5 Å². The lowest BCUT2D eigenvalue weighted by molar-refractivity contribution is -0.140. The Hall–Kier alpha value is -2.36. The third-order valence-corrected chi connectivity index (χ3v) is 6.11. The summed E-state index contributed by atoms with van der Waals surface area (Å²) in [5.41, 5.74) is 1.15. The summed E-state index contributed by atoms with van der Waals surface area (Å²) in [6, 6.07) is 9.55. The summed E-state index contributed by atoms with van der Waals surface area (Å²) < 4.78 is 1.52. The van der Waals surface area contributed by atoms with Gasteiger partial charge in [0.05, 0.1) is 24.0 Å². The summed E-state index contributed by atoms with van der Waals surface area (Å²) >= 11 is 0. The smallest absolute Gasteiger partial charge is 0.365 e. The lowest BCUT2D eigenvalue weighted by Crippen LogP contribution is -2.51. The predicted octanol–water partition coefficient (Wildman–Crippen LogP) is 1.14. The zero-order valence-electron chi connectivity index (χ0n) is 17.9. The molecule has 31 heavy (non-hydrogen) atoms. The molecule has 3 heterocycles. The Morgan fingerprint density at radius 1 is 1.42 bits per heavy atom. The number of fused-ring (bicyclic) bond motifs is 2. The van der Waals surface area contributed by atoms with Crippen LogP contribution in [-0.4, -0.2) is 82.9 Å². The molecular weight excluding hydrogens is 398 g/mol. The molecule has 1 aromatic carbocycles. The maximum Gasteiger partial charge on any atom is 0.365 e. The lowest BCUT2D eigenvalue weighted by Gasteiger charge is -2.32. The van der Waals surface area contributed by atoms with E-state index < -0.39 is 12.7 Å². The van der Waals surface area contributed by atoms with E-state index in [9.17, 15) is 14.6 Å². The molecule has 2 fully saturated rings. The van der Waals surface area contributed by atoms with E-state index in [4.69, 9.17) is 9.68 Å². The predicted molar refractivity (Wildman–Crippen MR) is 117 cm³/mol. The molecule has 0 aliphatic carbocycles. The van der Waals surface area contributed by atoms with E-state index in [-0.39, 0.29) is 18.1 Å². The average molecular weight is 425 g/mol. The topological polar surface area (TPSA) is 94.9 Å². The fraction of sp³-hybridized carbons (Fsp3) is 0.550. The molecule has 163 valence electrons. The van der Waals surface area contributed by atoms with Gasteiger partial charge in [0.2, 0.25) is 0 Å². The van der Waals surface area contributed by atoms with Crippen molar-refractivity contribution in [1.82, 2.24) is 14.7 Å². The van der Waals surface area contributed by atoms with Crippen molar-refractivity contribution in [3.8, 4) is 0 Å². The molecule has 0 aromatic heterocycles. The Morgan fingerprint density at radius 3 is 2.90 bits per heavy atom. The molecule has 2 saturated heterocycles. The van der Waals surface area contributed by atoms with Crippen molar-refractivity contribution in [2.75, 3.05) is 13.1 Å². The third-order valence-electron chi connectivity index (χ3n) is 6.11. The summed E-state index contributed by atoms with van der Waals surface area (Å²) in [6.45, 7) is 4.75. The van der Waals surface area contributed by atoms with Gasteiger partial charge < -0.3 is 24.3 Å². The zero-order valence-corrected chi connectivity index (χ0v) is 17.9. The van der Waals surface area contributed by atoms with Crippen molar-refractivity contribution in [1.29, 1.82) is 0 Å². The van der Waals surface area contributed by atoms with Crippen LogP contribution in [0.5, 0.6) is 0 Å². The Morgan fingerprint density at radius 2 is 2.19 bits per heavy atom. The number of hydrogen-bond acceptors (Lipinski definition) is 7. The van der Waals surface area contributed by atoms with Crippen molar-refractivity contribution in [3.63, 3.8) is 0 Å². The van der Waals surface area contributed by atoms with Gasteiger partial charge in [0.1, 0.15) is 6.61 Å². The van der Waals surface area contributed by atoms with E-state index in [0.29, 0.717) is 32.3 Å². The maximum atomic E-state index is 13.0. The number of carbonyl (C=O) groups excluding carboxylic acids is 2. The monoisotopic (exact) mass is 425 g/mol. The third kappa shape index (κ3) is 4.63. The minimum atomic E-state index is -0.819. The summed E-state index contributed by atoms with van der Waals surface area (Å²) in [4.78, 5) is 37.3. The van der Waals surface area contributed by atoms with Crippen LogP contribution in [0.2, 0.25) is 6.82 Å². The summed E-state index contributed by atoms with van der Waals surface area (Å²) in [5.74, 6) is 0. The van der Waals surface area contributed by atoms with Crippen molar-refractivity contribution in [3.05, 3.63) is 35.9 Å². The first-order valence-electron chi connectivity index (χ1n) is 10.6. The van der Waals surface area contributed by atoms with E-state index in [0.717, 1.165) is 24.1 Å². The zero-order chi connectivity index (χ0) is 22.0. The fourth-order valence-electron chi connectivity index (χ4n) is 4.52. The maximum absolute atomic E-state index is 13.0. The van der Waals surface area contributed by atoms with Crippen molar-refractivity contribution < 1.29 is 24.3 Å². The normalized spacial score (nSPS) is 27.4. The molecule has 3 aliphatic heterocycles. The number of piperidine rings is 1. The van der Waals surface area contributed by atoms with Crippen LogP contribution < -0.4 is 0 Å². The fourth-order valence-corrected chi connectivity index (χ4v) is 4.52. The summed E-state index contributed by atoms with van der Waals surface area (Å²) in [6.07, 6.45) is 2.78. The number of hydroxylamine groups is 2. The molecule has 1 radical (unpaired) electrons. The molecule has 2 amide bonds. The molecule has 0 spiro atoms. The number of rotatable bonds is 9. The second-order valence-corrected chi connectivity index (χ2v) is 8.66. The van der Waals surface area contributed by atoms with Gasteiger partial charge in [-0.2, -0.15) is 5.06 Å². The first-order valence-corrected chi connectivity index (χ1v) is 10.6. The van der Waals surface area contributed by atoms with E-state index in [1.54, 1.807) is 6.82 Å². The van der Waals surface area contributed by atoms with E-state index in [2.05, 4.69) is 5.16 Å². The molecule has 2 bridgehead atoms. The Labute approximate surface area is 183 Å². The molecule has 1 unspecified atom stereocenters. The number of nitrogens with zero attached hydrogens (tertiary/aromatic N) is 4. The molecule has 3 atom stereocenters. The summed E-state index contributed by atoms with van der Waals surface area (Å²) in [7, 11) is 0.481. The molecule has 0 saturated carbocycles. The van der Waals surface area contributed by atoms with Gasteiger partial charge in [-0.25, -0.2) is 4.79 Å². The number of hydrogen-bond donors (Lipinski definition) is 1. The van der Waals surface area contributed by atoms with Crippen LogP contribution in [0, 0.1) is 0 Å². The molecular formula is C20H27B2N4O5. The molecule has 1 aromatic rings. The molecule has 9 nitrogen and oxygen atoms in total. The van der Waals surface area contributed by atoms with Crippen LogP contribution in [-0.2, 0) is 21.1 Å². The first kappa shape index (κ1) is 21.9. The molecule has 11 heteroatoms. The van der Waals surface area contributed by atoms with Crippen LogP contribution in [0.4, 0.5) is 4.79 Å². The van der Waals surface area contributed by atoms with Crippen LogP contribution in [0.25, 0.3) is 0 Å². The second-order valence-electron chi connectivity index (χ2n) is 8.66. The van der Waals surface area contributed by atoms with Crippen LogP contribution in [0.15, 0.2) is 35.5 Å². The average Bonchev–Trinajstić information content (AvgIpc) is 3.25. The van der Waals surface area contributed by atoms with Crippen molar-refractivity contribution >= 4 is 32.4 Å². The highest BCUT2D eigenvalue weighted by Crippen LogP contribution is 2.35. The highest BCUT2D eigenvalue weighted by Gasteiger charge is 2.50. The van der Waals surface area contributed by atoms with E-state index >= 15 is 0 Å². The Bertz CT molecular complexity index is 842. The number of benzene rings is 1. The number of carbonyl (C=O) groups is 2. The SMILES string of the molecule is CB(O)N([B]C=O)C[C@@]1(C)CC([C@@H]2CCC3CN2C(=O)N3OCc2ccccc2)=NO1. The minimum absolute atomic E-state index is 0.0367.